The molecule has 1 heterocycles. The fraction of sp³-hybridized carbons (Fsp3) is 0.600. The number of carbonyl (C=O) groups excluding carboxylic acids is 2. The van der Waals surface area contributed by atoms with E-state index < -0.39 is 17.8 Å². The lowest BCUT2D eigenvalue weighted by molar-refractivity contribution is -0.121. The van der Waals surface area contributed by atoms with Crippen LogP contribution in [0.15, 0.2) is 0 Å². The maximum Gasteiger partial charge on any atom is 0.360 e. The van der Waals surface area contributed by atoms with Crippen LogP contribution < -0.4 is 5.73 Å². The number of hydrogen-bond donors (Lipinski definition) is 1. The number of halogens is 1. The van der Waals surface area contributed by atoms with Crippen LogP contribution in [0.4, 0.5) is 0 Å². The molecule has 1 rings (SSSR count). The third-order valence-corrected chi connectivity index (χ3v) is 2.62. The summed E-state index contributed by atoms with van der Waals surface area (Å²) in [4.78, 5) is 22.6. The molecule has 8 heteroatoms. The zero-order chi connectivity index (χ0) is 13.7. The van der Waals surface area contributed by atoms with Crippen LogP contribution in [-0.2, 0) is 22.0 Å². The molecule has 0 radical (unpaired) electrons. The molecule has 1 atom stereocenters. The SMILES string of the molecule is CCOC(=O)c1nnn(CC(C)C(N)=O)c1CCl. The van der Waals surface area contributed by atoms with E-state index in [2.05, 4.69) is 10.3 Å². The number of primary amides is 1. The Morgan fingerprint density at radius 2 is 2.22 bits per heavy atom. The number of carbonyl (C=O) groups is 2. The Labute approximate surface area is 109 Å². The van der Waals surface area contributed by atoms with E-state index in [0.717, 1.165) is 0 Å². The Hall–Kier alpha value is -1.63. The molecular formula is C10H15ClN4O3. The summed E-state index contributed by atoms with van der Waals surface area (Å²) in [5, 5.41) is 7.51. The van der Waals surface area contributed by atoms with E-state index in [4.69, 9.17) is 22.1 Å². The van der Waals surface area contributed by atoms with E-state index in [-0.39, 0.29) is 24.7 Å². The number of nitrogens with two attached hydrogens (primary N) is 1. The number of amides is 1. The minimum atomic E-state index is -0.578. The molecule has 1 amide bonds. The summed E-state index contributed by atoms with van der Waals surface area (Å²) in [6.45, 7) is 3.82. The Morgan fingerprint density at radius 3 is 2.72 bits per heavy atom. The quantitative estimate of drug-likeness (QED) is 0.594. The summed E-state index contributed by atoms with van der Waals surface area (Å²) in [6, 6.07) is 0. The van der Waals surface area contributed by atoms with E-state index in [0.29, 0.717) is 5.69 Å². The smallest absolute Gasteiger partial charge is 0.360 e. The highest BCUT2D eigenvalue weighted by atomic mass is 35.5. The lowest BCUT2D eigenvalue weighted by Gasteiger charge is -2.09. The third-order valence-electron chi connectivity index (χ3n) is 2.37. The normalized spacial score (nSPS) is 12.2. The predicted molar refractivity (Wildman–Crippen MR) is 63.9 cm³/mol. The first-order chi connectivity index (χ1) is 8.51. The van der Waals surface area contributed by atoms with E-state index in [9.17, 15) is 9.59 Å². The van der Waals surface area contributed by atoms with Crippen LogP contribution in [-0.4, -0.2) is 33.5 Å². The first-order valence-electron chi connectivity index (χ1n) is 5.46. The highest BCUT2D eigenvalue weighted by molar-refractivity contribution is 6.17. The van der Waals surface area contributed by atoms with E-state index in [1.165, 1.54) is 4.68 Å². The van der Waals surface area contributed by atoms with Gasteiger partial charge in [-0.15, -0.1) is 16.7 Å². The van der Waals surface area contributed by atoms with E-state index >= 15 is 0 Å². The van der Waals surface area contributed by atoms with Gasteiger partial charge in [0.1, 0.15) is 0 Å². The monoisotopic (exact) mass is 274 g/mol. The number of rotatable bonds is 6. The molecule has 1 unspecified atom stereocenters. The number of aromatic nitrogens is 3. The summed E-state index contributed by atoms with van der Waals surface area (Å²) in [5.41, 5.74) is 5.66. The molecule has 7 nitrogen and oxygen atoms in total. The topological polar surface area (TPSA) is 100 Å². The van der Waals surface area contributed by atoms with Crippen LogP contribution in [0.3, 0.4) is 0 Å². The first kappa shape index (κ1) is 14.4. The highest BCUT2D eigenvalue weighted by Gasteiger charge is 2.22. The molecule has 0 aliphatic rings. The maximum absolute atomic E-state index is 11.6. The molecular weight excluding hydrogens is 260 g/mol. The van der Waals surface area contributed by atoms with Gasteiger partial charge in [0.05, 0.1) is 30.6 Å². The molecule has 0 aliphatic carbocycles. The van der Waals surface area contributed by atoms with Crippen LogP contribution in [0.5, 0.6) is 0 Å². The van der Waals surface area contributed by atoms with Crippen molar-refractivity contribution in [3.8, 4) is 0 Å². The highest BCUT2D eigenvalue weighted by Crippen LogP contribution is 2.12. The third kappa shape index (κ3) is 3.19. The van der Waals surface area contributed by atoms with Crippen molar-refractivity contribution in [2.45, 2.75) is 26.3 Å². The van der Waals surface area contributed by atoms with Gasteiger partial charge in [-0.3, -0.25) is 4.79 Å². The predicted octanol–water partition coefficient (Wildman–Crippen LogP) is 0.315. The van der Waals surface area contributed by atoms with Gasteiger partial charge in [0, 0.05) is 0 Å². The molecule has 0 bridgehead atoms. The maximum atomic E-state index is 11.6. The molecule has 0 spiro atoms. The summed E-state index contributed by atoms with van der Waals surface area (Å²) in [5.74, 6) is -1.41. The van der Waals surface area contributed by atoms with Gasteiger partial charge >= 0.3 is 5.97 Å². The van der Waals surface area contributed by atoms with Crippen LogP contribution in [0, 0.1) is 5.92 Å². The fourth-order valence-electron chi connectivity index (χ4n) is 1.32. The van der Waals surface area contributed by atoms with E-state index in [1.807, 2.05) is 0 Å². The standard InChI is InChI=1S/C10H15ClN4O3/c1-3-18-10(17)8-7(4-11)15(14-13-8)5-6(2)9(12)16/h6H,3-5H2,1-2H3,(H2,12,16). The zero-order valence-corrected chi connectivity index (χ0v) is 11.0. The lowest BCUT2D eigenvalue weighted by Crippen LogP contribution is -2.26. The Morgan fingerprint density at radius 1 is 1.56 bits per heavy atom. The molecule has 18 heavy (non-hydrogen) atoms. The average molecular weight is 275 g/mol. The molecule has 0 aliphatic heterocycles. The zero-order valence-electron chi connectivity index (χ0n) is 10.2. The summed E-state index contributed by atoms with van der Waals surface area (Å²) in [7, 11) is 0. The van der Waals surface area contributed by atoms with Crippen LogP contribution >= 0.6 is 11.6 Å². The van der Waals surface area contributed by atoms with Crippen LogP contribution in [0.1, 0.15) is 30.0 Å². The second kappa shape index (κ2) is 6.34. The van der Waals surface area contributed by atoms with Crippen molar-refractivity contribution in [2.24, 2.45) is 11.7 Å². The molecule has 2 N–H and O–H groups in total. The minimum absolute atomic E-state index is 0.0482. The molecule has 100 valence electrons. The van der Waals surface area contributed by atoms with Crippen LogP contribution in [0.2, 0.25) is 0 Å². The number of ether oxygens (including phenoxy) is 1. The van der Waals surface area contributed by atoms with Gasteiger partial charge in [0.2, 0.25) is 5.91 Å². The Kier molecular flexibility index (Phi) is 5.08. The van der Waals surface area contributed by atoms with Crippen LogP contribution in [0.25, 0.3) is 0 Å². The largest absolute Gasteiger partial charge is 0.461 e. The average Bonchev–Trinajstić information content (AvgIpc) is 2.72. The molecule has 0 aromatic carbocycles. The lowest BCUT2D eigenvalue weighted by atomic mass is 10.1. The second-order valence-electron chi connectivity index (χ2n) is 3.72. The van der Waals surface area contributed by atoms with Crippen molar-refractivity contribution in [3.05, 3.63) is 11.4 Å². The van der Waals surface area contributed by atoms with Crippen molar-refractivity contribution in [2.75, 3.05) is 6.61 Å². The number of esters is 1. The molecule has 0 saturated heterocycles. The van der Waals surface area contributed by atoms with Gasteiger partial charge in [-0.25, -0.2) is 9.48 Å². The first-order valence-corrected chi connectivity index (χ1v) is 5.99. The Balaban J connectivity index is 2.94. The van der Waals surface area contributed by atoms with Gasteiger partial charge < -0.3 is 10.5 Å². The summed E-state index contributed by atoms with van der Waals surface area (Å²) >= 11 is 5.76. The van der Waals surface area contributed by atoms with Crippen molar-refractivity contribution in [1.82, 2.24) is 15.0 Å². The molecule has 1 aromatic rings. The van der Waals surface area contributed by atoms with Gasteiger partial charge in [-0.05, 0) is 6.92 Å². The molecule has 0 saturated carbocycles. The van der Waals surface area contributed by atoms with Crippen molar-refractivity contribution in [3.63, 3.8) is 0 Å². The molecule has 0 fully saturated rings. The van der Waals surface area contributed by atoms with E-state index in [1.54, 1.807) is 13.8 Å². The van der Waals surface area contributed by atoms with Gasteiger partial charge in [-0.1, -0.05) is 12.1 Å². The number of nitrogens with zero attached hydrogens (tertiary/aromatic N) is 3. The van der Waals surface area contributed by atoms with Gasteiger partial charge in [0.25, 0.3) is 0 Å². The number of hydrogen-bond acceptors (Lipinski definition) is 5. The van der Waals surface area contributed by atoms with Gasteiger partial charge in [0.15, 0.2) is 5.69 Å². The second-order valence-corrected chi connectivity index (χ2v) is 3.99. The number of alkyl halides is 1. The van der Waals surface area contributed by atoms with Crippen molar-refractivity contribution in [1.29, 1.82) is 0 Å². The van der Waals surface area contributed by atoms with Crippen molar-refractivity contribution >= 4 is 23.5 Å². The van der Waals surface area contributed by atoms with Gasteiger partial charge in [-0.2, -0.15) is 0 Å². The molecule has 1 aromatic heterocycles. The minimum Gasteiger partial charge on any atom is -0.461 e. The fourth-order valence-corrected chi connectivity index (χ4v) is 1.58. The van der Waals surface area contributed by atoms with Crippen molar-refractivity contribution < 1.29 is 14.3 Å². The summed E-state index contributed by atoms with van der Waals surface area (Å²) < 4.78 is 6.23. The summed E-state index contributed by atoms with van der Waals surface area (Å²) in [6.07, 6.45) is 0. The Bertz CT molecular complexity index is 446.